The molecule has 0 heterocycles. The van der Waals surface area contributed by atoms with Crippen LogP contribution in [0.15, 0.2) is 29.2 Å². The van der Waals surface area contributed by atoms with Crippen molar-refractivity contribution >= 4 is 21.6 Å². The molecule has 2 rings (SSSR count). The molecule has 106 valence electrons. The van der Waals surface area contributed by atoms with Gasteiger partial charge >= 0.3 is 0 Å². The fraction of sp³-hybridized carbons (Fsp3) is 0.538. The lowest BCUT2D eigenvalue weighted by Gasteiger charge is -2.14. The third kappa shape index (κ3) is 3.61. The van der Waals surface area contributed by atoms with E-state index >= 15 is 0 Å². The maximum Gasteiger partial charge on any atom is 0.240 e. The Balaban J connectivity index is 2.01. The molecule has 19 heavy (non-hydrogen) atoms. The Hall–Kier alpha value is -0.780. The van der Waals surface area contributed by atoms with Gasteiger partial charge in [-0.25, -0.2) is 13.1 Å². The van der Waals surface area contributed by atoms with Crippen LogP contribution >= 0.6 is 11.6 Å². The van der Waals surface area contributed by atoms with E-state index in [4.69, 9.17) is 16.3 Å². The van der Waals surface area contributed by atoms with E-state index in [1.807, 2.05) is 0 Å². The molecule has 4 nitrogen and oxygen atoms in total. The molecule has 0 spiro atoms. The van der Waals surface area contributed by atoms with Gasteiger partial charge in [0.15, 0.2) is 0 Å². The Morgan fingerprint density at radius 2 is 2.00 bits per heavy atom. The van der Waals surface area contributed by atoms with Gasteiger partial charge in [-0.05, 0) is 43.0 Å². The van der Waals surface area contributed by atoms with E-state index in [1.165, 1.54) is 12.1 Å². The second-order valence-electron chi connectivity index (χ2n) is 4.73. The lowest BCUT2D eigenvalue weighted by molar-refractivity contribution is 0.414. The van der Waals surface area contributed by atoms with Crippen molar-refractivity contribution < 1.29 is 13.2 Å². The molecule has 2 unspecified atom stereocenters. The van der Waals surface area contributed by atoms with Crippen molar-refractivity contribution in [1.82, 2.24) is 4.72 Å². The highest BCUT2D eigenvalue weighted by Crippen LogP contribution is 2.29. The van der Waals surface area contributed by atoms with Crippen LogP contribution in [0.2, 0.25) is 0 Å². The molecular weight excluding hydrogens is 286 g/mol. The van der Waals surface area contributed by atoms with Gasteiger partial charge in [0, 0.05) is 11.9 Å². The second-order valence-corrected chi connectivity index (χ2v) is 7.06. The summed E-state index contributed by atoms with van der Waals surface area (Å²) in [5.41, 5.74) is 0. The number of sulfonamides is 1. The average Bonchev–Trinajstić information content (AvgIpc) is 2.82. The van der Waals surface area contributed by atoms with E-state index in [2.05, 4.69) is 4.72 Å². The average molecular weight is 304 g/mol. The van der Waals surface area contributed by atoms with Crippen molar-refractivity contribution in [2.75, 3.05) is 13.7 Å². The summed E-state index contributed by atoms with van der Waals surface area (Å²) in [6.45, 7) is 0.405. The fourth-order valence-corrected chi connectivity index (χ4v) is 3.74. The molecule has 1 aromatic carbocycles. The summed E-state index contributed by atoms with van der Waals surface area (Å²) in [6.07, 6.45) is 3.03. The number of hydrogen-bond acceptors (Lipinski definition) is 3. The number of hydrogen-bond donors (Lipinski definition) is 1. The Kier molecular flexibility index (Phi) is 4.71. The maximum atomic E-state index is 12.1. The molecule has 1 aliphatic rings. The van der Waals surface area contributed by atoms with Crippen molar-refractivity contribution in [1.29, 1.82) is 0 Å². The van der Waals surface area contributed by atoms with Gasteiger partial charge in [-0.15, -0.1) is 11.6 Å². The molecule has 1 N–H and O–H groups in total. The van der Waals surface area contributed by atoms with Crippen molar-refractivity contribution in [2.24, 2.45) is 5.92 Å². The quantitative estimate of drug-likeness (QED) is 0.850. The molecule has 0 aromatic heterocycles. The van der Waals surface area contributed by atoms with E-state index in [9.17, 15) is 8.42 Å². The third-order valence-corrected chi connectivity index (χ3v) is 5.49. The maximum absolute atomic E-state index is 12.1. The van der Waals surface area contributed by atoms with Crippen molar-refractivity contribution in [3.8, 4) is 5.75 Å². The highest BCUT2D eigenvalue weighted by Gasteiger charge is 2.26. The predicted molar refractivity (Wildman–Crippen MR) is 75.2 cm³/mol. The minimum absolute atomic E-state index is 0.0820. The van der Waals surface area contributed by atoms with Gasteiger partial charge in [0.1, 0.15) is 5.75 Å². The van der Waals surface area contributed by atoms with Crippen molar-refractivity contribution in [3.63, 3.8) is 0 Å². The molecule has 1 aliphatic carbocycles. The number of ether oxygens (including phenoxy) is 1. The number of benzene rings is 1. The van der Waals surface area contributed by atoms with E-state index in [1.54, 1.807) is 19.2 Å². The zero-order valence-electron chi connectivity index (χ0n) is 10.8. The Morgan fingerprint density at radius 3 is 2.53 bits per heavy atom. The van der Waals surface area contributed by atoms with Gasteiger partial charge in [-0.3, -0.25) is 0 Å². The first-order valence-corrected chi connectivity index (χ1v) is 8.22. The number of halogens is 1. The number of nitrogens with one attached hydrogen (secondary N) is 1. The molecule has 1 saturated carbocycles. The molecule has 0 saturated heterocycles. The molecule has 1 aromatic rings. The topological polar surface area (TPSA) is 55.4 Å². The zero-order valence-corrected chi connectivity index (χ0v) is 12.4. The van der Waals surface area contributed by atoms with Gasteiger partial charge in [-0.2, -0.15) is 0 Å². The first-order valence-electron chi connectivity index (χ1n) is 6.31. The first kappa shape index (κ1) is 14.6. The van der Waals surface area contributed by atoms with Crippen LogP contribution < -0.4 is 9.46 Å². The summed E-state index contributed by atoms with van der Waals surface area (Å²) in [7, 11) is -1.92. The largest absolute Gasteiger partial charge is 0.497 e. The van der Waals surface area contributed by atoms with Gasteiger partial charge in [0.05, 0.1) is 12.0 Å². The van der Waals surface area contributed by atoms with Crippen molar-refractivity contribution in [3.05, 3.63) is 24.3 Å². The SMILES string of the molecule is COc1ccc(S(=O)(=O)NCC2CCCC2Cl)cc1. The van der Waals surface area contributed by atoms with Crippen LogP contribution in [0, 0.1) is 5.92 Å². The van der Waals surface area contributed by atoms with Gasteiger partial charge in [0.2, 0.25) is 10.0 Å². The highest BCUT2D eigenvalue weighted by atomic mass is 35.5. The van der Waals surface area contributed by atoms with Crippen LogP contribution in [0.25, 0.3) is 0 Å². The van der Waals surface area contributed by atoms with Crippen molar-refractivity contribution in [2.45, 2.75) is 29.5 Å². The third-order valence-electron chi connectivity index (χ3n) is 3.47. The summed E-state index contributed by atoms with van der Waals surface area (Å²) in [5.74, 6) is 0.866. The molecule has 0 radical (unpaired) electrons. The molecule has 0 amide bonds. The molecule has 0 bridgehead atoms. The first-order chi connectivity index (χ1) is 9.03. The monoisotopic (exact) mass is 303 g/mol. The predicted octanol–water partition coefficient (Wildman–Crippen LogP) is 2.38. The second kappa shape index (κ2) is 6.11. The minimum atomic E-state index is -3.46. The van der Waals surface area contributed by atoms with E-state index < -0.39 is 10.0 Å². The van der Waals surface area contributed by atoms with E-state index in [0.717, 1.165) is 19.3 Å². The Morgan fingerprint density at radius 1 is 1.32 bits per heavy atom. The van der Waals surface area contributed by atoms with E-state index in [-0.39, 0.29) is 16.2 Å². The van der Waals surface area contributed by atoms with Crippen LogP contribution in [0.3, 0.4) is 0 Å². The fourth-order valence-electron chi connectivity index (χ4n) is 2.28. The minimum Gasteiger partial charge on any atom is -0.497 e. The summed E-state index contributed by atoms with van der Waals surface area (Å²) in [6, 6.07) is 6.34. The number of alkyl halides is 1. The summed E-state index contributed by atoms with van der Waals surface area (Å²) in [5, 5.41) is 0.0820. The van der Waals surface area contributed by atoms with Crippen LogP contribution in [0.5, 0.6) is 5.75 Å². The smallest absolute Gasteiger partial charge is 0.240 e. The van der Waals surface area contributed by atoms with Crippen LogP contribution in [-0.4, -0.2) is 27.4 Å². The number of methoxy groups -OCH3 is 1. The summed E-state index contributed by atoms with van der Waals surface area (Å²) < 4.78 is 31.8. The Bertz CT molecular complexity index is 515. The van der Waals surface area contributed by atoms with Crippen LogP contribution in [0.4, 0.5) is 0 Å². The van der Waals surface area contributed by atoms with E-state index in [0.29, 0.717) is 12.3 Å². The number of rotatable bonds is 5. The van der Waals surface area contributed by atoms with Crippen LogP contribution in [-0.2, 0) is 10.0 Å². The lowest BCUT2D eigenvalue weighted by Crippen LogP contribution is -2.31. The summed E-state index contributed by atoms with van der Waals surface area (Å²) in [4.78, 5) is 0.248. The highest BCUT2D eigenvalue weighted by molar-refractivity contribution is 7.89. The molecule has 2 atom stereocenters. The van der Waals surface area contributed by atoms with Gasteiger partial charge in [0.25, 0.3) is 0 Å². The van der Waals surface area contributed by atoms with Gasteiger partial charge < -0.3 is 4.74 Å². The molecule has 0 aliphatic heterocycles. The zero-order chi connectivity index (χ0) is 13.9. The molecular formula is C13H18ClNO3S. The molecule has 1 fully saturated rings. The standard InChI is InChI=1S/C13H18ClNO3S/c1-18-11-5-7-12(8-6-11)19(16,17)15-9-10-3-2-4-13(10)14/h5-8,10,13,15H,2-4,9H2,1H3. The summed E-state index contributed by atoms with van der Waals surface area (Å²) >= 11 is 6.14. The van der Waals surface area contributed by atoms with Gasteiger partial charge in [-0.1, -0.05) is 6.42 Å². The molecule has 6 heteroatoms. The Labute approximate surface area is 119 Å². The lowest BCUT2D eigenvalue weighted by atomic mass is 10.1. The normalized spacial score (nSPS) is 23.5. The van der Waals surface area contributed by atoms with Crippen LogP contribution in [0.1, 0.15) is 19.3 Å².